The number of thiophene rings is 1. The monoisotopic (exact) mass is 445 g/mol. The number of nitrogens with zero attached hydrogens (tertiary/aromatic N) is 4. The van der Waals surface area contributed by atoms with Crippen LogP contribution in [0, 0.1) is 0 Å². The summed E-state index contributed by atoms with van der Waals surface area (Å²) < 4.78 is 29.2. The Kier molecular flexibility index (Phi) is 5.98. The normalized spacial score (nSPS) is 16.3. The number of amides is 1. The Morgan fingerprint density at radius 3 is 2.53 bits per heavy atom. The van der Waals surface area contributed by atoms with E-state index in [1.807, 2.05) is 31.2 Å². The first-order valence-electron chi connectivity index (χ1n) is 9.80. The first-order valence-corrected chi connectivity index (χ1v) is 12.1. The number of nitrogens with one attached hydrogen (secondary N) is 1. The number of hydrogen-bond acceptors (Lipinski definition) is 6. The zero-order chi connectivity index (χ0) is 21.1. The second-order valence-corrected chi connectivity index (χ2v) is 10.0. The number of carbonyl (C=O) groups is 1. The molecule has 1 atom stereocenters. The molecular formula is C20H23N5O3S2. The molecule has 1 aliphatic heterocycles. The van der Waals surface area contributed by atoms with Crippen LogP contribution in [0.1, 0.15) is 47.5 Å². The topological polar surface area (TPSA) is 97.2 Å². The van der Waals surface area contributed by atoms with Crippen molar-refractivity contribution in [2.24, 2.45) is 0 Å². The van der Waals surface area contributed by atoms with Crippen LogP contribution in [0.4, 0.5) is 0 Å². The molecule has 0 unspecified atom stereocenters. The molecule has 1 saturated heterocycles. The highest BCUT2D eigenvalue weighted by Crippen LogP contribution is 2.28. The third-order valence-corrected chi connectivity index (χ3v) is 8.18. The predicted molar refractivity (Wildman–Crippen MR) is 114 cm³/mol. The molecule has 3 heterocycles. The van der Waals surface area contributed by atoms with Crippen LogP contribution in [0.15, 0.2) is 53.3 Å². The van der Waals surface area contributed by atoms with E-state index in [0.717, 1.165) is 41.9 Å². The third kappa shape index (κ3) is 4.16. The van der Waals surface area contributed by atoms with Gasteiger partial charge in [0.05, 0.1) is 11.7 Å². The fraction of sp³-hybridized carbons (Fsp3) is 0.350. The number of sulfonamides is 1. The number of piperidine rings is 1. The molecule has 1 amide bonds. The van der Waals surface area contributed by atoms with Crippen LogP contribution in [0.5, 0.6) is 0 Å². The minimum absolute atomic E-state index is 0.0978. The van der Waals surface area contributed by atoms with Crippen LogP contribution in [-0.4, -0.2) is 46.5 Å². The van der Waals surface area contributed by atoms with Gasteiger partial charge in [-0.25, -0.2) is 18.1 Å². The van der Waals surface area contributed by atoms with Gasteiger partial charge in [0, 0.05) is 13.1 Å². The maximum atomic E-state index is 13.0. The molecule has 0 spiro atoms. The van der Waals surface area contributed by atoms with Crippen molar-refractivity contribution < 1.29 is 13.2 Å². The van der Waals surface area contributed by atoms with Crippen LogP contribution < -0.4 is 5.32 Å². The van der Waals surface area contributed by atoms with Crippen molar-refractivity contribution in [3.05, 3.63) is 58.8 Å². The molecule has 0 bridgehead atoms. The molecular weight excluding hydrogens is 422 g/mol. The number of carbonyl (C=O) groups excluding carboxylic acids is 1. The SMILES string of the molecule is C[C@H](NC(=O)c1sccc1S(=O)(=O)N1CCCCC1)c1ccc(-n2cncn2)cc1. The summed E-state index contributed by atoms with van der Waals surface area (Å²) in [7, 11) is -3.66. The van der Waals surface area contributed by atoms with Crippen LogP contribution in [-0.2, 0) is 10.0 Å². The van der Waals surface area contributed by atoms with Crippen molar-refractivity contribution in [3.63, 3.8) is 0 Å². The van der Waals surface area contributed by atoms with Gasteiger partial charge in [0.2, 0.25) is 10.0 Å². The summed E-state index contributed by atoms with van der Waals surface area (Å²) in [5, 5.41) is 8.67. The summed E-state index contributed by atoms with van der Waals surface area (Å²) in [5.41, 5.74) is 1.77. The third-order valence-electron chi connectivity index (χ3n) is 5.19. The standard InChI is InChI=1S/C20H23N5O3S2/c1-15(16-5-7-17(8-6-16)25-14-21-13-22-25)23-20(26)19-18(9-12-29-19)30(27,28)24-10-3-2-4-11-24/h5-9,12-15H,2-4,10-11H2,1H3,(H,23,26)/t15-/m0/s1. The van der Waals surface area contributed by atoms with Gasteiger partial charge in [-0.05, 0) is 48.9 Å². The maximum Gasteiger partial charge on any atom is 0.263 e. The molecule has 4 rings (SSSR count). The van der Waals surface area contributed by atoms with Crippen molar-refractivity contribution in [1.29, 1.82) is 0 Å². The zero-order valence-corrected chi connectivity index (χ0v) is 18.2. The summed E-state index contributed by atoms with van der Waals surface area (Å²) in [4.78, 5) is 17.1. The van der Waals surface area contributed by atoms with Gasteiger partial charge >= 0.3 is 0 Å². The van der Waals surface area contributed by atoms with E-state index in [2.05, 4.69) is 15.4 Å². The molecule has 1 N–H and O–H groups in total. The number of rotatable bonds is 6. The van der Waals surface area contributed by atoms with Gasteiger partial charge in [0.1, 0.15) is 22.4 Å². The summed E-state index contributed by atoms with van der Waals surface area (Å²) in [6.07, 6.45) is 5.82. The highest BCUT2D eigenvalue weighted by Gasteiger charge is 2.31. The smallest absolute Gasteiger partial charge is 0.263 e. The Bertz CT molecular complexity index is 1100. The van der Waals surface area contributed by atoms with Gasteiger partial charge in [-0.1, -0.05) is 18.6 Å². The Morgan fingerprint density at radius 2 is 1.87 bits per heavy atom. The van der Waals surface area contributed by atoms with Crippen molar-refractivity contribution in [2.75, 3.05) is 13.1 Å². The van der Waals surface area contributed by atoms with Crippen molar-refractivity contribution in [3.8, 4) is 5.69 Å². The van der Waals surface area contributed by atoms with Crippen molar-refractivity contribution in [2.45, 2.75) is 37.1 Å². The first kappa shape index (κ1) is 20.7. The van der Waals surface area contributed by atoms with E-state index in [0.29, 0.717) is 13.1 Å². The number of hydrogen-bond donors (Lipinski definition) is 1. The molecule has 0 aliphatic carbocycles. The highest BCUT2D eigenvalue weighted by atomic mass is 32.2. The van der Waals surface area contributed by atoms with Crippen LogP contribution in [0.3, 0.4) is 0 Å². The molecule has 3 aromatic rings. The van der Waals surface area contributed by atoms with E-state index in [4.69, 9.17) is 0 Å². The van der Waals surface area contributed by atoms with E-state index in [-0.39, 0.29) is 21.7 Å². The number of aromatic nitrogens is 3. The zero-order valence-electron chi connectivity index (χ0n) is 16.6. The molecule has 1 aliphatic rings. The van der Waals surface area contributed by atoms with E-state index >= 15 is 0 Å². The summed E-state index contributed by atoms with van der Waals surface area (Å²) >= 11 is 1.15. The average Bonchev–Trinajstić information content (AvgIpc) is 3.47. The Balaban J connectivity index is 1.49. The second-order valence-electron chi connectivity index (χ2n) is 7.21. The molecule has 30 heavy (non-hydrogen) atoms. The molecule has 10 heteroatoms. The lowest BCUT2D eigenvalue weighted by molar-refractivity contribution is 0.0941. The molecule has 0 saturated carbocycles. The Labute approximate surface area is 179 Å². The van der Waals surface area contributed by atoms with Gasteiger partial charge in [-0.15, -0.1) is 11.3 Å². The minimum atomic E-state index is -3.66. The molecule has 2 aromatic heterocycles. The summed E-state index contributed by atoms with van der Waals surface area (Å²) in [6, 6.07) is 8.84. The fourth-order valence-electron chi connectivity index (χ4n) is 3.51. The van der Waals surface area contributed by atoms with E-state index in [9.17, 15) is 13.2 Å². The largest absolute Gasteiger partial charge is 0.345 e. The number of benzene rings is 1. The lowest BCUT2D eigenvalue weighted by Crippen LogP contribution is -2.36. The van der Waals surface area contributed by atoms with Crippen molar-refractivity contribution >= 4 is 27.3 Å². The lowest BCUT2D eigenvalue weighted by atomic mass is 10.1. The summed E-state index contributed by atoms with van der Waals surface area (Å²) in [5.74, 6) is -0.381. The van der Waals surface area contributed by atoms with E-state index < -0.39 is 10.0 Å². The fourth-order valence-corrected chi connectivity index (χ4v) is 6.33. The second kappa shape index (κ2) is 8.66. The van der Waals surface area contributed by atoms with Crippen LogP contribution in [0.25, 0.3) is 5.69 Å². The van der Waals surface area contributed by atoms with E-state index in [1.54, 1.807) is 16.4 Å². The average molecular weight is 446 g/mol. The molecule has 8 nitrogen and oxygen atoms in total. The van der Waals surface area contributed by atoms with Crippen LogP contribution >= 0.6 is 11.3 Å². The Morgan fingerprint density at radius 1 is 1.13 bits per heavy atom. The minimum Gasteiger partial charge on any atom is -0.345 e. The molecule has 1 fully saturated rings. The quantitative estimate of drug-likeness (QED) is 0.629. The molecule has 1 aromatic carbocycles. The van der Waals surface area contributed by atoms with Gasteiger partial charge in [0.15, 0.2) is 0 Å². The van der Waals surface area contributed by atoms with Gasteiger partial charge in [0.25, 0.3) is 5.91 Å². The molecule has 0 radical (unpaired) electrons. The summed E-state index contributed by atoms with van der Waals surface area (Å²) in [6.45, 7) is 2.89. The lowest BCUT2D eigenvalue weighted by Gasteiger charge is -2.26. The van der Waals surface area contributed by atoms with E-state index in [1.165, 1.54) is 16.7 Å². The Hall–Kier alpha value is -2.56. The maximum absolute atomic E-state index is 13.0. The molecule has 158 valence electrons. The van der Waals surface area contributed by atoms with Gasteiger partial charge in [-0.3, -0.25) is 4.79 Å². The first-order chi connectivity index (χ1) is 14.5. The van der Waals surface area contributed by atoms with Gasteiger partial charge in [-0.2, -0.15) is 9.40 Å². The van der Waals surface area contributed by atoms with Crippen molar-refractivity contribution in [1.82, 2.24) is 24.4 Å². The highest BCUT2D eigenvalue weighted by molar-refractivity contribution is 7.89. The van der Waals surface area contributed by atoms with Crippen LogP contribution in [0.2, 0.25) is 0 Å². The predicted octanol–water partition coefficient (Wildman–Crippen LogP) is 2.99. The van der Waals surface area contributed by atoms with Gasteiger partial charge < -0.3 is 5.32 Å².